The van der Waals surface area contributed by atoms with Crippen molar-refractivity contribution in [2.75, 3.05) is 5.32 Å². The predicted octanol–water partition coefficient (Wildman–Crippen LogP) is 4.66. The van der Waals surface area contributed by atoms with Crippen LogP contribution >= 0.6 is 11.6 Å². The molecule has 0 atom stereocenters. The van der Waals surface area contributed by atoms with E-state index in [1.165, 1.54) is 6.08 Å². The number of halogens is 1. The topological polar surface area (TPSA) is 83.5 Å². The molecule has 3 rings (SSSR count). The molecule has 0 bridgehead atoms. The molecule has 3 N–H and O–H groups in total. The molecule has 0 aliphatic carbocycles. The zero-order valence-corrected chi connectivity index (χ0v) is 15.6. The maximum atomic E-state index is 11.4. The van der Waals surface area contributed by atoms with Crippen molar-refractivity contribution in [1.82, 2.24) is 10.5 Å². The Hall–Kier alpha value is -3.35. The van der Waals surface area contributed by atoms with Crippen molar-refractivity contribution < 1.29 is 14.7 Å². The fraction of sp³-hybridized carbons (Fsp3) is 0.0476. The Kier molecular flexibility index (Phi) is 6.62. The highest BCUT2D eigenvalue weighted by molar-refractivity contribution is 6.30. The zero-order chi connectivity index (χ0) is 19.8. The van der Waals surface area contributed by atoms with Crippen LogP contribution < -0.4 is 15.5 Å². The molecular formula is C21H18ClN3O3. The summed E-state index contributed by atoms with van der Waals surface area (Å²) in [5, 5.41) is 12.6. The van der Waals surface area contributed by atoms with Crippen LogP contribution in [0.15, 0.2) is 73.1 Å². The molecule has 0 fully saturated rings. The minimum atomic E-state index is -0.637. The smallest absolute Gasteiger partial charge is 0.267 e. The van der Waals surface area contributed by atoms with E-state index in [0.717, 1.165) is 11.3 Å². The second-order valence-corrected chi connectivity index (χ2v) is 6.27. The van der Waals surface area contributed by atoms with E-state index in [4.69, 9.17) is 21.5 Å². The van der Waals surface area contributed by atoms with E-state index in [1.807, 2.05) is 24.3 Å². The predicted molar refractivity (Wildman–Crippen MR) is 108 cm³/mol. The van der Waals surface area contributed by atoms with Gasteiger partial charge in [-0.25, -0.2) is 5.48 Å². The molecule has 1 heterocycles. The number of ether oxygens (including phenoxy) is 1. The average Bonchev–Trinajstić information content (AvgIpc) is 2.72. The molecule has 0 saturated carbocycles. The molecule has 1 aromatic heterocycles. The summed E-state index contributed by atoms with van der Waals surface area (Å²) in [5.41, 5.74) is 4.10. The van der Waals surface area contributed by atoms with Gasteiger partial charge in [-0.3, -0.25) is 15.0 Å². The third-order valence-electron chi connectivity index (χ3n) is 3.78. The van der Waals surface area contributed by atoms with Gasteiger partial charge in [0.25, 0.3) is 5.91 Å². The highest BCUT2D eigenvalue weighted by Crippen LogP contribution is 2.30. The van der Waals surface area contributed by atoms with Crippen molar-refractivity contribution >= 4 is 29.3 Å². The Balaban J connectivity index is 1.83. The number of carbonyl (C=O) groups excluding carboxylic acids is 1. The lowest BCUT2D eigenvalue weighted by molar-refractivity contribution is -0.124. The molecule has 3 aromatic rings. The van der Waals surface area contributed by atoms with Gasteiger partial charge in [0, 0.05) is 41.3 Å². The van der Waals surface area contributed by atoms with Crippen LogP contribution in [0, 0.1) is 0 Å². The van der Waals surface area contributed by atoms with Crippen LogP contribution in [0.1, 0.15) is 11.1 Å². The minimum Gasteiger partial charge on any atom is -0.457 e. The third kappa shape index (κ3) is 5.57. The first-order valence-corrected chi connectivity index (χ1v) is 8.84. The van der Waals surface area contributed by atoms with Crippen LogP contribution in [-0.4, -0.2) is 16.1 Å². The molecule has 0 aliphatic heterocycles. The molecule has 2 aromatic carbocycles. The zero-order valence-electron chi connectivity index (χ0n) is 14.8. The Morgan fingerprint density at radius 2 is 2.07 bits per heavy atom. The molecule has 0 spiro atoms. The molecular weight excluding hydrogens is 378 g/mol. The van der Waals surface area contributed by atoms with Crippen molar-refractivity contribution in [2.24, 2.45) is 0 Å². The SMILES string of the molecule is O=C(/C=C/c1cc(NCc2cccnc2)ccc1Oc1cccc(Cl)c1)NO. The summed E-state index contributed by atoms with van der Waals surface area (Å²) in [4.78, 5) is 15.5. The number of hydrogen-bond donors (Lipinski definition) is 3. The van der Waals surface area contributed by atoms with Crippen molar-refractivity contribution in [1.29, 1.82) is 0 Å². The highest BCUT2D eigenvalue weighted by Gasteiger charge is 2.06. The largest absolute Gasteiger partial charge is 0.457 e. The van der Waals surface area contributed by atoms with Crippen LogP contribution in [0.5, 0.6) is 11.5 Å². The minimum absolute atomic E-state index is 0.538. The van der Waals surface area contributed by atoms with Gasteiger partial charge in [0.15, 0.2) is 0 Å². The lowest BCUT2D eigenvalue weighted by atomic mass is 10.1. The number of amides is 1. The maximum absolute atomic E-state index is 11.4. The van der Waals surface area contributed by atoms with E-state index in [0.29, 0.717) is 28.6 Å². The Morgan fingerprint density at radius 3 is 2.82 bits per heavy atom. The molecule has 7 heteroatoms. The van der Waals surface area contributed by atoms with Crippen LogP contribution in [0.25, 0.3) is 6.08 Å². The number of hydrogen-bond acceptors (Lipinski definition) is 5. The van der Waals surface area contributed by atoms with Crippen molar-refractivity contribution in [3.63, 3.8) is 0 Å². The van der Waals surface area contributed by atoms with E-state index >= 15 is 0 Å². The van der Waals surface area contributed by atoms with Crippen LogP contribution in [-0.2, 0) is 11.3 Å². The van der Waals surface area contributed by atoms with E-state index in [1.54, 1.807) is 54.3 Å². The normalized spacial score (nSPS) is 10.6. The summed E-state index contributed by atoms with van der Waals surface area (Å²) < 4.78 is 5.91. The van der Waals surface area contributed by atoms with Crippen LogP contribution in [0.3, 0.4) is 0 Å². The number of carbonyl (C=O) groups is 1. The summed E-state index contributed by atoms with van der Waals surface area (Å²) in [6.07, 6.45) is 6.28. The van der Waals surface area contributed by atoms with Crippen LogP contribution in [0.2, 0.25) is 5.02 Å². The molecule has 0 aliphatic rings. The summed E-state index contributed by atoms with van der Waals surface area (Å²) >= 11 is 6.01. The first kappa shape index (κ1) is 19.4. The monoisotopic (exact) mass is 395 g/mol. The fourth-order valence-electron chi connectivity index (χ4n) is 2.45. The van der Waals surface area contributed by atoms with Crippen molar-refractivity contribution in [2.45, 2.75) is 6.54 Å². The van der Waals surface area contributed by atoms with Gasteiger partial charge in [0.1, 0.15) is 11.5 Å². The molecule has 0 radical (unpaired) electrons. The van der Waals surface area contributed by atoms with E-state index in [-0.39, 0.29) is 0 Å². The maximum Gasteiger partial charge on any atom is 0.267 e. The first-order chi connectivity index (χ1) is 13.6. The number of nitrogens with zero attached hydrogens (tertiary/aromatic N) is 1. The van der Waals surface area contributed by atoms with Gasteiger partial charge in [-0.2, -0.15) is 0 Å². The van der Waals surface area contributed by atoms with Crippen molar-refractivity contribution in [3.05, 3.63) is 89.2 Å². The summed E-state index contributed by atoms with van der Waals surface area (Å²) in [6, 6.07) is 16.4. The second kappa shape index (κ2) is 9.55. The number of aromatic nitrogens is 1. The molecule has 0 unspecified atom stereocenters. The number of pyridine rings is 1. The molecule has 28 heavy (non-hydrogen) atoms. The Bertz CT molecular complexity index is 978. The van der Waals surface area contributed by atoms with Gasteiger partial charge in [0.05, 0.1) is 0 Å². The number of anilines is 1. The molecule has 6 nitrogen and oxygen atoms in total. The van der Waals surface area contributed by atoms with E-state index < -0.39 is 5.91 Å². The number of hydroxylamine groups is 1. The van der Waals surface area contributed by atoms with Gasteiger partial charge >= 0.3 is 0 Å². The quantitative estimate of drug-likeness (QED) is 0.308. The number of nitrogens with one attached hydrogen (secondary N) is 2. The third-order valence-corrected chi connectivity index (χ3v) is 4.01. The highest BCUT2D eigenvalue weighted by atomic mass is 35.5. The van der Waals surface area contributed by atoms with E-state index in [9.17, 15) is 4.79 Å². The van der Waals surface area contributed by atoms with Gasteiger partial charge in [-0.05, 0) is 54.1 Å². The van der Waals surface area contributed by atoms with Gasteiger partial charge in [-0.15, -0.1) is 0 Å². The Labute approximate surface area is 167 Å². The van der Waals surface area contributed by atoms with Gasteiger partial charge in [0.2, 0.25) is 0 Å². The standard InChI is InChI=1S/C21H18ClN3O3/c22-17-4-1-5-19(12-17)28-20-8-7-18(11-16(20)6-9-21(26)25-27)24-14-15-3-2-10-23-13-15/h1-13,24,27H,14H2,(H,25,26)/b9-6+. The lowest BCUT2D eigenvalue weighted by Crippen LogP contribution is -2.14. The molecule has 142 valence electrons. The summed E-state index contributed by atoms with van der Waals surface area (Å²) in [5.74, 6) is 0.475. The number of rotatable bonds is 7. The average molecular weight is 396 g/mol. The van der Waals surface area contributed by atoms with Crippen LogP contribution in [0.4, 0.5) is 5.69 Å². The molecule has 1 amide bonds. The summed E-state index contributed by atoms with van der Waals surface area (Å²) in [6.45, 7) is 0.600. The van der Waals surface area contributed by atoms with Gasteiger partial charge in [-0.1, -0.05) is 23.7 Å². The first-order valence-electron chi connectivity index (χ1n) is 8.46. The number of benzene rings is 2. The fourth-order valence-corrected chi connectivity index (χ4v) is 2.63. The second-order valence-electron chi connectivity index (χ2n) is 5.84. The molecule has 0 saturated heterocycles. The van der Waals surface area contributed by atoms with Crippen molar-refractivity contribution in [3.8, 4) is 11.5 Å². The van der Waals surface area contributed by atoms with E-state index in [2.05, 4.69) is 10.3 Å². The van der Waals surface area contributed by atoms with Gasteiger partial charge < -0.3 is 10.1 Å². The lowest BCUT2D eigenvalue weighted by Gasteiger charge is -2.12. The summed E-state index contributed by atoms with van der Waals surface area (Å²) in [7, 11) is 0. The Morgan fingerprint density at radius 1 is 1.18 bits per heavy atom.